The van der Waals surface area contributed by atoms with Crippen LogP contribution in [0.15, 0.2) is 131 Å². The Morgan fingerprint density at radius 2 is 1.17 bits per heavy atom. The van der Waals surface area contributed by atoms with Gasteiger partial charge < -0.3 is 35.6 Å². The number of hydrogen-bond acceptors (Lipinski definition) is 13. The molecule has 15 nitrogen and oxygen atoms in total. The molecule has 2 unspecified atom stereocenters. The molecular weight excluding hydrogens is 995 g/mol. The Bertz CT molecular complexity index is 3470. The maximum atomic E-state index is 14.1. The lowest BCUT2D eigenvalue weighted by Gasteiger charge is -2.17. The molecule has 1 amide bonds. The van der Waals surface area contributed by atoms with Gasteiger partial charge in [-0.05, 0) is 172 Å². The molecule has 6 aromatic heterocycles. The van der Waals surface area contributed by atoms with Crippen molar-refractivity contribution in [1.82, 2.24) is 30.2 Å². The number of likely N-dealkylation sites (tertiary alicyclic amines) is 1. The van der Waals surface area contributed by atoms with Crippen LogP contribution in [0, 0.1) is 13.8 Å². The van der Waals surface area contributed by atoms with E-state index in [0.29, 0.717) is 74.5 Å². The number of pyridine rings is 4. The van der Waals surface area contributed by atoms with Crippen LogP contribution in [-0.2, 0) is 22.4 Å². The largest absolute Gasteiger partial charge is 0.478 e. The monoisotopic (exact) mass is 1060 g/mol. The van der Waals surface area contributed by atoms with Crippen LogP contribution in [0.3, 0.4) is 0 Å². The molecule has 2 aromatic carbocycles. The molecule has 0 aliphatic carbocycles. The SMILES string of the molecule is C.CC1(F)CCNC1.Cc1cc(-c2ccc(C(=O)N3CCC(C)(F)C3)cn2)cc2cc(CCC(=O)/C=C/c3ccc(N)nc3)oc12.Cc1cc(-c2ccc(C(=O)O)cn2)cc2cc(CCC(=O)/C=C/c3ccc(N)nc3)oc12. The van der Waals surface area contributed by atoms with E-state index in [2.05, 4.69) is 25.3 Å². The third-order valence-electron chi connectivity index (χ3n) is 13.1. The van der Waals surface area contributed by atoms with Gasteiger partial charge in [-0.1, -0.05) is 7.43 Å². The van der Waals surface area contributed by atoms with Gasteiger partial charge in [0.25, 0.3) is 5.91 Å². The highest BCUT2D eigenvalue weighted by molar-refractivity contribution is 5.96. The number of ketones is 2. The number of nitrogens with zero attached hydrogens (tertiary/aromatic N) is 5. The fraction of sp³-hybridized carbons (Fsp3) is 0.279. The Labute approximate surface area is 451 Å². The summed E-state index contributed by atoms with van der Waals surface area (Å²) >= 11 is 0. The van der Waals surface area contributed by atoms with Gasteiger partial charge in [-0.2, -0.15) is 0 Å². The average molecular weight is 1060 g/mol. The number of amides is 1. The summed E-state index contributed by atoms with van der Waals surface area (Å²) in [6, 6.07) is 25.5. The number of carbonyl (C=O) groups is 4. The quantitative estimate of drug-likeness (QED) is 0.0742. The van der Waals surface area contributed by atoms with Crippen LogP contribution in [0.2, 0.25) is 0 Å². The van der Waals surface area contributed by atoms with E-state index in [0.717, 1.165) is 79.1 Å². The van der Waals surface area contributed by atoms with Crippen LogP contribution in [0.25, 0.3) is 56.6 Å². The summed E-state index contributed by atoms with van der Waals surface area (Å²) < 4.78 is 38.7. The number of hydrogen-bond donors (Lipinski definition) is 4. The van der Waals surface area contributed by atoms with Crippen molar-refractivity contribution in [2.24, 2.45) is 0 Å². The second-order valence-corrected chi connectivity index (χ2v) is 19.9. The molecular formula is C61H64F2N8O7. The van der Waals surface area contributed by atoms with E-state index in [4.69, 9.17) is 25.4 Å². The van der Waals surface area contributed by atoms with Crippen LogP contribution < -0.4 is 16.8 Å². The Morgan fingerprint density at radius 3 is 1.54 bits per heavy atom. The number of benzene rings is 2. The minimum atomic E-state index is -1.33. The second kappa shape index (κ2) is 25.0. The maximum absolute atomic E-state index is 14.1. The van der Waals surface area contributed by atoms with Crippen molar-refractivity contribution in [3.8, 4) is 22.5 Å². The van der Waals surface area contributed by atoms with E-state index < -0.39 is 17.3 Å². The number of carboxylic acid groups (broad SMARTS) is 1. The summed E-state index contributed by atoms with van der Waals surface area (Å²) in [5.74, 6) is 1.09. The first-order chi connectivity index (χ1) is 36.8. The lowest BCUT2D eigenvalue weighted by molar-refractivity contribution is -0.115. The average Bonchev–Trinajstić information content (AvgIpc) is 4.30. The molecule has 2 aliphatic rings. The molecule has 8 aromatic rings. The Hall–Kier alpha value is -8.70. The lowest BCUT2D eigenvalue weighted by Crippen LogP contribution is -2.31. The van der Waals surface area contributed by atoms with Gasteiger partial charge in [0, 0.05) is 91.9 Å². The number of aromatic nitrogens is 4. The van der Waals surface area contributed by atoms with Gasteiger partial charge >= 0.3 is 5.97 Å². The number of fused-ring (bicyclic) bond motifs is 2. The van der Waals surface area contributed by atoms with Gasteiger partial charge in [-0.3, -0.25) is 24.4 Å². The minimum absolute atomic E-state index is 0. The number of rotatable bonds is 14. The summed E-state index contributed by atoms with van der Waals surface area (Å²) in [6.45, 7) is 8.96. The number of nitrogens with one attached hydrogen (secondary N) is 1. The molecule has 2 saturated heterocycles. The van der Waals surface area contributed by atoms with E-state index in [1.165, 1.54) is 30.2 Å². The predicted molar refractivity (Wildman–Crippen MR) is 301 cm³/mol. The summed E-state index contributed by atoms with van der Waals surface area (Å²) in [7, 11) is 0. The number of alkyl halides is 2. The third kappa shape index (κ3) is 15.2. The summed E-state index contributed by atoms with van der Waals surface area (Å²) in [5, 5.41) is 13.8. The fourth-order valence-corrected chi connectivity index (χ4v) is 8.82. The highest BCUT2D eigenvalue weighted by Gasteiger charge is 2.36. The Morgan fingerprint density at radius 1 is 0.667 bits per heavy atom. The molecule has 0 saturated carbocycles. The van der Waals surface area contributed by atoms with Crippen LogP contribution in [-0.4, -0.2) is 90.9 Å². The molecule has 10 rings (SSSR count). The lowest BCUT2D eigenvalue weighted by atomic mass is 10.0. The molecule has 6 N–H and O–H groups in total. The number of allylic oxidation sites excluding steroid dienone is 2. The molecule has 0 radical (unpaired) electrons. The topological polar surface area (TPSA) is 234 Å². The van der Waals surface area contributed by atoms with Crippen molar-refractivity contribution in [2.45, 2.75) is 85.0 Å². The summed E-state index contributed by atoms with van der Waals surface area (Å²) in [4.78, 5) is 66.6. The smallest absolute Gasteiger partial charge is 0.337 e. The van der Waals surface area contributed by atoms with Crippen LogP contribution in [0.5, 0.6) is 0 Å². The van der Waals surface area contributed by atoms with Crippen molar-refractivity contribution in [3.05, 3.63) is 167 Å². The first kappa shape index (κ1) is 57.0. The zero-order chi connectivity index (χ0) is 54.9. The number of carbonyl (C=O) groups excluding carboxylic acids is 3. The number of aryl methyl sites for hydroxylation is 4. The number of anilines is 2. The zero-order valence-corrected chi connectivity index (χ0v) is 43.3. The van der Waals surface area contributed by atoms with E-state index in [1.807, 2.05) is 50.2 Å². The number of furan rings is 2. The fourth-order valence-electron chi connectivity index (χ4n) is 8.82. The normalized spacial score (nSPS) is 16.9. The van der Waals surface area contributed by atoms with Gasteiger partial charge in [0.15, 0.2) is 11.6 Å². The summed E-state index contributed by atoms with van der Waals surface area (Å²) in [6.07, 6.45) is 15.3. The number of halogens is 2. The first-order valence-corrected chi connectivity index (χ1v) is 25.2. The molecule has 8 heterocycles. The van der Waals surface area contributed by atoms with Gasteiger partial charge in [0.2, 0.25) is 0 Å². The maximum Gasteiger partial charge on any atom is 0.337 e. The van der Waals surface area contributed by atoms with Gasteiger partial charge in [-0.25, -0.2) is 23.5 Å². The molecule has 78 heavy (non-hydrogen) atoms. The predicted octanol–water partition coefficient (Wildman–Crippen LogP) is 11.6. The van der Waals surface area contributed by atoms with Crippen molar-refractivity contribution in [1.29, 1.82) is 0 Å². The molecule has 0 spiro atoms. The molecule has 17 heteroatoms. The Kier molecular flexibility index (Phi) is 18.3. The van der Waals surface area contributed by atoms with Crippen molar-refractivity contribution < 1.29 is 41.9 Å². The van der Waals surface area contributed by atoms with Crippen molar-refractivity contribution in [3.63, 3.8) is 0 Å². The van der Waals surface area contributed by atoms with Gasteiger partial charge in [0.1, 0.15) is 45.7 Å². The van der Waals surface area contributed by atoms with E-state index in [-0.39, 0.29) is 37.0 Å². The molecule has 2 fully saturated rings. The highest BCUT2D eigenvalue weighted by atomic mass is 19.1. The first-order valence-electron chi connectivity index (χ1n) is 25.2. The van der Waals surface area contributed by atoms with Gasteiger partial charge in [0.05, 0.1) is 29.1 Å². The standard InChI is InChI=1S/C30H29FN4O3.C25H21N3O4.C5H10FN.CH4/c1-19-13-22(26-9-5-21(17-33-26)29(37)35-12-11-30(2,31)18-35)14-23-15-25(38-28(19)23)8-7-24(36)6-3-20-4-10-27(32)34-16-20;1-15-10-18(22-8-4-17(14-27-22)25(30)31)11-19-12-21(32-24(15)19)7-6-20(29)5-2-16-3-9-23(26)28-13-16;1-5(6)2-3-7-4-5;/h3-6,9-10,13-17H,7-8,11-12,18H2,1-2H3,(H2,32,34);2-5,8-14H,6-7H2,1H3,(H2,26,28)(H,30,31);7H,2-4H2,1H3;1H4/b6-3+;5-2+;;. The molecule has 2 atom stereocenters. The third-order valence-corrected chi connectivity index (χ3v) is 13.1. The summed E-state index contributed by atoms with van der Waals surface area (Å²) in [5.41, 5.74) is 17.7. The van der Waals surface area contributed by atoms with Crippen LogP contribution in [0.1, 0.15) is 101 Å². The van der Waals surface area contributed by atoms with Crippen molar-refractivity contribution >= 4 is 69.2 Å². The van der Waals surface area contributed by atoms with E-state index in [1.54, 1.807) is 86.2 Å². The van der Waals surface area contributed by atoms with Crippen LogP contribution >= 0.6 is 0 Å². The Balaban J connectivity index is 0.000000200. The van der Waals surface area contributed by atoms with Gasteiger partial charge in [-0.15, -0.1) is 0 Å². The highest BCUT2D eigenvalue weighted by Crippen LogP contribution is 2.32. The second-order valence-electron chi connectivity index (χ2n) is 19.9. The van der Waals surface area contributed by atoms with Crippen LogP contribution in [0.4, 0.5) is 20.4 Å². The number of aromatic carboxylic acids is 1. The van der Waals surface area contributed by atoms with E-state index in [9.17, 15) is 28.0 Å². The minimum Gasteiger partial charge on any atom is -0.478 e. The van der Waals surface area contributed by atoms with Crippen molar-refractivity contribution in [2.75, 3.05) is 37.6 Å². The van der Waals surface area contributed by atoms with E-state index >= 15 is 0 Å². The number of nitrogen functional groups attached to an aromatic ring is 2. The molecule has 0 bridgehead atoms. The molecule has 404 valence electrons. The zero-order valence-electron chi connectivity index (χ0n) is 43.3. The number of carboxylic acids is 1. The molecule has 2 aliphatic heterocycles. The number of nitrogens with two attached hydrogens (primary N) is 2.